The van der Waals surface area contributed by atoms with E-state index in [4.69, 9.17) is 5.73 Å². The van der Waals surface area contributed by atoms with Gasteiger partial charge in [-0.3, -0.25) is 14.4 Å². The van der Waals surface area contributed by atoms with Gasteiger partial charge < -0.3 is 36.8 Å². The number of carbonyl (C=O) groups is 4. The number of carboxylic acid groups (broad SMARTS) is 1. The Bertz CT molecular complexity index is 1290. The van der Waals surface area contributed by atoms with E-state index < -0.39 is 47.9 Å². The van der Waals surface area contributed by atoms with E-state index in [1.165, 1.54) is 24.3 Å². The highest BCUT2D eigenvalue weighted by Gasteiger charge is 2.31. The van der Waals surface area contributed by atoms with Gasteiger partial charge >= 0.3 is 5.97 Å². The number of hydrogen-bond donors (Lipinski definition) is 7. The molecule has 13 heteroatoms. The van der Waals surface area contributed by atoms with E-state index in [-0.39, 0.29) is 18.8 Å². The SMILES string of the molecule is CSCCC(NC(=O)C(N)Cc1c[nH]c2ccccc12)C(=O)NC(Cc1cnc[nH]1)C(=O)NC(C(=O)O)C(C)C. The zero-order valence-corrected chi connectivity index (χ0v) is 23.6. The Morgan fingerprint density at radius 2 is 1.70 bits per heavy atom. The molecular formula is C27H37N7O5S. The molecule has 2 heterocycles. The number of nitrogens with two attached hydrogens (primary N) is 1. The smallest absolute Gasteiger partial charge is 0.326 e. The van der Waals surface area contributed by atoms with Gasteiger partial charge in [0.1, 0.15) is 18.1 Å². The van der Waals surface area contributed by atoms with Crippen LogP contribution in [0.25, 0.3) is 10.9 Å². The van der Waals surface area contributed by atoms with E-state index in [1.54, 1.807) is 13.8 Å². The number of para-hydroxylation sites is 1. The van der Waals surface area contributed by atoms with E-state index in [1.807, 2.05) is 36.7 Å². The third kappa shape index (κ3) is 8.33. The van der Waals surface area contributed by atoms with Crippen molar-refractivity contribution in [1.82, 2.24) is 30.9 Å². The largest absolute Gasteiger partial charge is 0.480 e. The summed E-state index contributed by atoms with van der Waals surface area (Å²) in [5.41, 5.74) is 8.63. The number of hydrogen-bond acceptors (Lipinski definition) is 7. The van der Waals surface area contributed by atoms with Gasteiger partial charge in [-0.1, -0.05) is 32.0 Å². The van der Waals surface area contributed by atoms with Gasteiger partial charge in [0.15, 0.2) is 0 Å². The van der Waals surface area contributed by atoms with Crippen LogP contribution in [0, 0.1) is 5.92 Å². The van der Waals surface area contributed by atoms with Crippen LogP contribution in [0.1, 0.15) is 31.5 Å². The third-order valence-electron chi connectivity index (χ3n) is 6.54. The quantitative estimate of drug-likeness (QED) is 0.140. The van der Waals surface area contributed by atoms with Gasteiger partial charge in [0.25, 0.3) is 0 Å². The number of H-pyrrole nitrogens is 2. The Labute approximate surface area is 236 Å². The Hall–Kier alpha value is -3.84. The van der Waals surface area contributed by atoms with Crippen LogP contribution in [0.3, 0.4) is 0 Å². The summed E-state index contributed by atoms with van der Waals surface area (Å²) in [6.45, 7) is 3.35. The molecule has 3 amide bonds. The molecule has 1 aromatic carbocycles. The normalized spacial score (nSPS) is 14.3. The van der Waals surface area contributed by atoms with Gasteiger partial charge in [-0.25, -0.2) is 9.78 Å². The van der Waals surface area contributed by atoms with E-state index in [0.29, 0.717) is 17.9 Å². The molecule has 40 heavy (non-hydrogen) atoms. The Kier molecular flexibility index (Phi) is 11.1. The molecule has 0 fully saturated rings. The van der Waals surface area contributed by atoms with E-state index in [0.717, 1.165) is 16.5 Å². The highest BCUT2D eigenvalue weighted by atomic mass is 32.2. The average molecular weight is 572 g/mol. The number of benzene rings is 1. The number of aliphatic carboxylic acids is 1. The molecule has 0 aliphatic rings. The molecule has 3 rings (SSSR count). The number of aromatic nitrogens is 3. The Morgan fingerprint density at radius 1 is 1.00 bits per heavy atom. The second-order valence-corrected chi connectivity index (χ2v) is 10.9. The number of amides is 3. The topological polar surface area (TPSA) is 195 Å². The predicted molar refractivity (Wildman–Crippen MR) is 154 cm³/mol. The lowest BCUT2D eigenvalue weighted by atomic mass is 10.0. The predicted octanol–water partition coefficient (Wildman–Crippen LogP) is 0.952. The van der Waals surface area contributed by atoms with Gasteiger partial charge in [0.2, 0.25) is 17.7 Å². The summed E-state index contributed by atoms with van der Waals surface area (Å²) in [6.07, 6.45) is 7.27. The van der Waals surface area contributed by atoms with Crippen LogP contribution in [-0.4, -0.2) is 79.9 Å². The molecule has 2 aromatic heterocycles. The maximum absolute atomic E-state index is 13.4. The number of carbonyl (C=O) groups excluding carboxylic acids is 3. The summed E-state index contributed by atoms with van der Waals surface area (Å²) >= 11 is 1.51. The highest BCUT2D eigenvalue weighted by molar-refractivity contribution is 7.98. The summed E-state index contributed by atoms with van der Waals surface area (Å²) < 4.78 is 0. The van der Waals surface area contributed by atoms with Crippen LogP contribution < -0.4 is 21.7 Å². The van der Waals surface area contributed by atoms with Gasteiger partial charge in [-0.05, 0) is 42.4 Å². The number of nitrogens with zero attached hydrogens (tertiary/aromatic N) is 1. The highest BCUT2D eigenvalue weighted by Crippen LogP contribution is 2.19. The molecule has 3 aromatic rings. The lowest BCUT2D eigenvalue weighted by molar-refractivity contribution is -0.143. The van der Waals surface area contributed by atoms with Crippen LogP contribution in [0.5, 0.6) is 0 Å². The maximum Gasteiger partial charge on any atom is 0.326 e. The van der Waals surface area contributed by atoms with Crippen LogP contribution >= 0.6 is 11.8 Å². The standard InChI is InChI=1S/C27H37N7O5S/c1-15(2)23(27(38)39)34-26(37)22(11-17-13-29-14-31-17)33-25(36)21(8-9-40-3)32-24(35)19(28)10-16-12-30-20-7-5-4-6-18(16)20/h4-7,12-15,19,21-23,30H,8-11,28H2,1-3H3,(H,29,31)(H,32,35)(H,33,36)(H,34,37)(H,38,39). The first kappa shape index (κ1) is 30.7. The number of aromatic amines is 2. The Morgan fingerprint density at radius 3 is 2.35 bits per heavy atom. The molecule has 0 spiro atoms. The molecule has 0 radical (unpaired) electrons. The molecule has 0 bridgehead atoms. The zero-order valence-electron chi connectivity index (χ0n) is 22.8. The van der Waals surface area contributed by atoms with Crippen molar-refractivity contribution in [2.24, 2.45) is 11.7 Å². The fourth-order valence-electron chi connectivity index (χ4n) is 4.28. The van der Waals surface area contributed by atoms with Crippen molar-refractivity contribution in [1.29, 1.82) is 0 Å². The monoisotopic (exact) mass is 571 g/mol. The number of carboxylic acids is 1. The van der Waals surface area contributed by atoms with Crippen molar-refractivity contribution in [2.75, 3.05) is 12.0 Å². The van der Waals surface area contributed by atoms with Crippen LogP contribution in [0.4, 0.5) is 0 Å². The van der Waals surface area contributed by atoms with E-state index >= 15 is 0 Å². The van der Waals surface area contributed by atoms with E-state index in [2.05, 4.69) is 30.9 Å². The molecular weight excluding hydrogens is 534 g/mol. The van der Waals surface area contributed by atoms with Crippen molar-refractivity contribution >= 4 is 46.4 Å². The Balaban J connectivity index is 1.72. The van der Waals surface area contributed by atoms with E-state index in [9.17, 15) is 24.3 Å². The molecule has 0 aliphatic carbocycles. The number of nitrogens with one attached hydrogen (secondary N) is 5. The summed E-state index contributed by atoms with van der Waals surface area (Å²) in [5, 5.41) is 18.4. The van der Waals surface area contributed by atoms with Crippen molar-refractivity contribution in [3.8, 4) is 0 Å². The molecule has 0 saturated heterocycles. The van der Waals surface area contributed by atoms with Crippen LogP contribution in [-0.2, 0) is 32.0 Å². The molecule has 4 atom stereocenters. The van der Waals surface area contributed by atoms with Gasteiger partial charge in [-0.2, -0.15) is 11.8 Å². The molecule has 0 saturated carbocycles. The maximum atomic E-state index is 13.4. The van der Waals surface area contributed by atoms with Crippen molar-refractivity contribution in [2.45, 2.75) is 57.3 Å². The lowest BCUT2D eigenvalue weighted by Crippen LogP contribution is -2.58. The van der Waals surface area contributed by atoms with Crippen molar-refractivity contribution < 1.29 is 24.3 Å². The van der Waals surface area contributed by atoms with Crippen molar-refractivity contribution in [3.05, 3.63) is 54.2 Å². The van der Waals surface area contributed by atoms with Gasteiger partial charge in [0, 0.05) is 35.4 Å². The number of fused-ring (bicyclic) bond motifs is 1. The molecule has 0 aliphatic heterocycles. The fourth-order valence-corrected chi connectivity index (χ4v) is 4.75. The first-order valence-corrected chi connectivity index (χ1v) is 14.4. The minimum Gasteiger partial charge on any atom is -0.480 e. The second-order valence-electron chi connectivity index (χ2n) is 9.92. The molecule has 216 valence electrons. The number of imidazole rings is 1. The van der Waals surface area contributed by atoms with Crippen molar-refractivity contribution in [3.63, 3.8) is 0 Å². The molecule has 12 nitrogen and oxygen atoms in total. The first-order valence-electron chi connectivity index (χ1n) is 13.0. The van der Waals surface area contributed by atoms with Crippen LogP contribution in [0.2, 0.25) is 0 Å². The fraction of sp³-hybridized carbons (Fsp3) is 0.444. The first-order chi connectivity index (χ1) is 19.1. The third-order valence-corrected chi connectivity index (χ3v) is 7.18. The van der Waals surface area contributed by atoms with Gasteiger partial charge in [0.05, 0.1) is 12.4 Å². The lowest BCUT2D eigenvalue weighted by Gasteiger charge is -2.26. The molecule has 4 unspecified atom stereocenters. The molecule has 8 N–H and O–H groups in total. The second kappa shape index (κ2) is 14.5. The van der Waals surface area contributed by atoms with Crippen LogP contribution in [0.15, 0.2) is 43.0 Å². The summed E-state index contributed by atoms with van der Waals surface area (Å²) in [5.74, 6) is -2.71. The minimum atomic E-state index is -1.18. The number of rotatable bonds is 15. The van der Waals surface area contributed by atoms with Gasteiger partial charge in [-0.15, -0.1) is 0 Å². The summed E-state index contributed by atoms with van der Waals surface area (Å²) in [6, 6.07) is 3.59. The average Bonchev–Trinajstić information content (AvgIpc) is 3.58. The number of thioether (sulfide) groups is 1. The summed E-state index contributed by atoms with van der Waals surface area (Å²) in [7, 11) is 0. The minimum absolute atomic E-state index is 0.0469. The zero-order chi connectivity index (χ0) is 29.2. The summed E-state index contributed by atoms with van der Waals surface area (Å²) in [4.78, 5) is 61.2.